The molecule has 0 saturated heterocycles. The third-order valence-corrected chi connectivity index (χ3v) is 6.08. The minimum atomic E-state index is -3.71. The third kappa shape index (κ3) is 6.14. The molecule has 0 aliphatic rings. The van der Waals surface area contributed by atoms with Crippen LogP contribution in [-0.4, -0.2) is 44.4 Å². The molecular formula is C22H28N2O5S. The van der Waals surface area contributed by atoms with Crippen LogP contribution < -0.4 is 4.72 Å². The number of carbonyl (C=O) groups excluding carboxylic acids is 2. The Kier molecular flexibility index (Phi) is 8.14. The van der Waals surface area contributed by atoms with Gasteiger partial charge in [-0.1, -0.05) is 43.3 Å². The minimum Gasteiger partial charge on any atom is -0.452 e. The summed E-state index contributed by atoms with van der Waals surface area (Å²) < 4.78 is 32.0. The van der Waals surface area contributed by atoms with E-state index in [-0.39, 0.29) is 29.0 Å². The van der Waals surface area contributed by atoms with Crippen molar-refractivity contribution in [3.8, 4) is 0 Å². The van der Waals surface area contributed by atoms with Crippen LogP contribution in [0.4, 0.5) is 0 Å². The van der Waals surface area contributed by atoms with Gasteiger partial charge in [0.05, 0.1) is 10.5 Å². The normalized spacial score (nSPS) is 11.4. The van der Waals surface area contributed by atoms with E-state index in [4.69, 9.17) is 4.74 Å². The van der Waals surface area contributed by atoms with Crippen molar-refractivity contribution < 1.29 is 22.7 Å². The number of ether oxygens (including phenoxy) is 1. The predicted octanol–water partition coefficient (Wildman–Crippen LogP) is 2.89. The van der Waals surface area contributed by atoms with E-state index < -0.39 is 22.6 Å². The summed E-state index contributed by atoms with van der Waals surface area (Å²) in [5.74, 6) is -1.06. The highest BCUT2D eigenvalue weighted by molar-refractivity contribution is 7.89. The monoisotopic (exact) mass is 432 g/mol. The van der Waals surface area contributed by atoms with E-state index in [0.29, 0.717) is 12.1 Å². The quantitative estimate of drug-likeness (QED) is 0.615. The molecule has 0 atom stereocenters. The molecule has 0 heterocycles. The van der Waals surface area contributed by atoms with Gasteiger partial charge in [-0.3, -0.25) is 4.79 Å². The van der Waals surface area contributed by atoms with E-state index in [2.05, 4.69) is 4.72 Å². The largest absolute Gasteiger partial charge is 0.452 e. The second-order valence-corrected chi connectivity index (χ2v) is 8.92. The first-order valence-electron chi connectivity index (χ1n) is 9.76. The van der Waals surface area contributed by atoms with Crippen LogP contribution in [0.2, 0.25) is 0 Å². The van der Waals surface area contributed by atoms with Crippen molar-refractivity contribution in [1.82, 2.24) is 9.62 Å². The van der Waals surface area contributed by atoms with Crippen LogP contribution >= 0.6 is 0 Å². The number of rotatable bonds is 9. The summed E-state index contributed by atoms with van der Waals surface area (Å²) >= 11 is 0. The Bertz CT molecular complexity index is 988. The molecule has 2 rings (SSSR count). The molecule has 1 N–H and O–H groups in total. The molecule has 2 aromatic carbocycles. The number of amides is 1. The molecule has 0 radical (unpaired) electrons. The molecule has 8 heteroatoms. The Labute approximate surface area is 178 Å². The van der Waals surface area contributed by atoms with Gasteiger partial charge in [-0.15, -0.1) is 0 Å². The zero-order valence-electron chi connectivity index (χ0n) is 17.7. The number of benzene rings is 2. The first kappa shape index (κ1) is 23.6. The van der Waals surface area contributed by atoms with E-state index in [1.165, 1.54) is 12.1 Å². The fourth-order valence-corrected chi connectivity index (χ4v) is 3.96. The van der Waals surface area contributed by atoms with Crippen LogP contribution in [0, 0.1) is 6.92 Å². The number of nitrogens with zero attached hydrogens (tertiary/aromatic N) is 1. The van der Waals surface area contributed by atoms with Gasteiger partial charge in [-0.25, -0.2) is 17.9 Å². The average Bonchev–Trinajstić information content (AvgIpc) is 2.70. The topological polar surface area (TPSA) is 92.8 Å². The summed E-state index contributed by atoms with van der Waals surface area (Å²) in [7, 11) is -3.71. The Hall–Kier alpha value is -2.71. The number of hydrogen-bond acceptors (Lipinski definition) is 5. The molecule has 0 spiro atoms. The molecule has 0 bridgehead atoms. The summed E-state index contributed by atoms with van der Waals surface area (Å²) in [4.78, 5) is 26.8. The highest BCUT2D eigenvalue weighted by Crippen LogP contribution is 2.17. The standard InChI is InChI=1S/C22H28N2O5S/c1-5-23-30(27,28)19-12-11-17(4)20(13-19)22(26)29-15-21(25)24(16(2)3)14-18-9-7-6-8-10-18/h6-13,16,23H,5,14-15H2,1-4H3. The van der Waals surface area contributed by atoms with E-state index in [1.54, 1.807) is 24.8 Å². The Morgan fingerprint density at radius 1 is 1.10 bits per heavy atom. The highest BCUT2D eigenvalue weighted by Gasteiger charge is 2.22. The van der Waals surface area contributed by atoms with Crippen LogP contribution in [-0.2, 0) is 26.1 Å². The maximum absolute atomic E-state index is 12.7. The molecular weight excluding hydrogens is 404 g/mol. The molecule has 0 saturated carbocycles. The molecule has 0 aromatic heterocycles. The van der Waals surface area contributed by atoms with Gasteiger partial charge >= 0.3 is 5.97 Å². The van der Waals surface area contributed by atoms with Crippen LogP contribution in [0.5, 0.6) is 0 Å². The summed E-state index contributed by atoms with van der Waals surface area (Å²) in [6, 6.07) is 13.7. The van der Waals surface area contributed by atoms with Gasteiger partial charge in [0.25, 0.3) is 5.91 Å². The molecule has 0 aliphatic carbocycles. The average molecular weight is 433 g/mol. The Morgan fingerprint density at radius 2 is 1.77 bits per heavy atom. The number of sulfonamides is 1. The molecule has 0 aliphatic heterocycles. The fourth-order valence-electron chi connectivity index (χ4n) is 2.89. The summed E-state index contributed by atoms with van der Waals surface area (Å²) in [5, 5.41) is 0. The highest BCUT2D eigenvalue weighted by atomic mass is 32.2. The van der Waals surface area contributed by atoms with Gasteiger partial charge in [-0.2, -0.15) is 0 Å². The second-order valence-electron chi connectivity index (χ2n) is 7.16. The number of carbonyl (C=O) groups is 2. The smallest absolute Gasteiger partial charge is 0.338 e. The Balaban J connectivity index is 2.11. The van der Waals surface area contributed by atoms with Crippen LogP contribution in [0.15, 0.2) is 53.4 Å². The third-order valence-electron chi connectivity index (χ3n) is 4.54. The maximum Gasteiger partial charge on any atom is 0.338 e. The van der Waals surface area contributed by atoms with Crippen molar-refractivity contribution in [3.63, 3.8) is 0 Å². The molecule has 7 nitrogen and oxygen atoms in total. The lowest BCUT2D eigenvalue weighted by Crippen LogP contribution is -2.39. The maximum atomic E-state index is 12.7. The predicted molar refractivity (Wildman–Crippen MR) is 114 cm³/mol. The van der Waals surface area contributed by atoms with Gasteiger partial charge in [-0.05, 0) is 44.0 Å². The van der Waals surface area contributed by atoms with Crippen molar-refractivity contribution in [1.29, 1.82) is 0 Å². The zero-order chi connectivity index (χ0) is 22.3. The first-order chi connectivity index (χ1) is 14.2. The van der Waals surface area contributed by atoms with Crippen LogP contribution in [0.3, 0.4) is 0 Å². The Morgan fingerprint density at radius 3 is 2.37 bits per heavy atom. The van der Waals surface area contributed by atoms with Gasteiger partial charge < -0.3 is 9.64 Å². The fraction of sp³-hybridized carbons (Fsp3) is 0.364. The van der Waals surface area contributed by atoms with Crippen molar-refractivity contribution in [2.45, 2.75) is 45.2 Å². The van der Waals surface area contributed by atoms with E-state index in [9.17, 15) is 18.0 Å². The van der Waals surface area contributed by atoms with E-state index in [1.807, 2.05) is 44.2 Å². The first-order valence-corrected chi connectivity index (χ1v) is 11.2. The van der Waals surface area contributed by atoms with Crippen LogP contribution in [0.1, 0.15) is 42.3 Å². The number of esters is 1. The molecule has 0 fully saturated rings. The van der Waals surface area contributed by atoms with Crippen molar-refractivity contribution in [2.75, 3.05) is 13.2 Å². The van der Waals surface area contributed by atoms with Crippen molar-refractivity contribution >= 4 is 21.9 Å². The molecule has 1 amide bonds. The number of aryl methyl sites for hydroxylation is 1. The summed E-state index contributed by atoms with van der Waals surface area (Å²) in [5.41, 5.74) is 1.65. The lowest BCUT2D eigenvalue weighted by Gasteiger charge is -2.26. The molecule has 30 heavy (non-hydrogen) atoms. The van der Waals surface area contributed by atoms with Gasteiger partial charge in [0, 0.05) is 19.1 Å². The SMILES string of the molecule is CCNS(=O)(=O)c1ccc(C)c(C(=O)OCC(=O)N(Cc2ccccc2)C(C)C)c1. The van der Waals surface area contributed by atoms with Crippen molar-refractivity contribution in [3.05, 3.63) is 65.2 Å². The second kappa shape index (κ2) is 10.4. The van der Waals surface area contributed by atoms with Crippen LogP contribution in [0.25, 0.3) is 0 Å². The van der Waals surface area contributed by atoms with Gasteiger partial charge in [0.1, 0.15) is 0 Å². The van der Waals surface area contributed by atoms with Gasteiger partial charge in [0.2, 0.25) is 10.0 Å². The molecule has 0 unspecified atom stereocenters. The summed E-state index contributed by atoms with van der Waals surface area (Å²) in [6.45, 7) is 7.35. The van der Waals surface area contributed by atoms with E-state index >= 15 is 0 Å². The number of hydrogen-bond donors (Lipinski definition) is 1. The van der Waals surface area contributed by atoms with E-state index in [0.717, 1.165) is 5.56 Å². The lowest BCUT2D eigenvalue weighted by atomic mass is 10.1. The molecule has 2 aromatic rings. The number of nitrogens with one attached hydrogen (secondary N) is 1. The molecule has 162 valence electrons. The summed E-state index contributed by atoms with van der Waals surface area (Å²) in [6.07, 6.45) is 0. The van der Waals surface area contributed by atoms with Gasteiger partial charge in [0.15, 0.2) is 6.61 Å². The zero-order valence-corrected chi connectivity index (χ0v) is 18.5. The minimum absolute atomic E-state index is 0.0267. The van der Waals surface area contributed by atoms with Crippen molar-refractivity contribution in [2.24, 2.45) is 0 Å². The lowest BCUT2D eigenvalue weighted by molar-refractivity contribution is -0.136.